The van der Waals surface area contributed by atoms with Crippen molar-refractivity contribution < 1.29 is 8.42 Å². The third-order valence-corrected chi connectivity index (χ3v) is 7.90. The van der Waals surface area contributed by atoms with E-state index in [0.717, 1.165) is 51.9 Å². The van der Waals surface area contributed by atoms with Gasteiger partial charge in [-0.2, -0.15) is 5.26 Å². The van der Waals surface area contributed by atoms with Crippen molar-refractivity contribution in [3.8, 4) is 6.07 Å². The van der Waals surface area contributed by atoms with Crippen LogP contribution in [0.4, 0.5) is 0 Å². The van der Waals surface area contributed by atoms with Gasteiger partial charge in [0.15, 0.2) is 14.6 Å². The Balaban J connectivity index is 1.94. The van der Waals surface area contributed by atoms with Gasteiger partial charge in [0.25, 0.3) is 0 Å². The average Bonchev–Trinajstić information content (AvgIpc) is 2.69. The van der Waals surface area contributed by atoms with E-state index in [-0.39, 0.29) is 4.90 Å². The van der Waals surface area contributed by atoms with E-state index in [9.17, 15) is 13.7 Å². The lowest BCUT2D eigenvalue weighted by atomic mass is 10.0. The largest absolute Gasteiger partial charge is 0.301 e. The first-order valence-electron chi connectivity index (χ1n) is 9.73. The molecule has 0 spiro atoms. The summed E-state index contributed by atoms with van der Waals surface area (Å²) in [7, 11) is -3.76. The number of hydrogen-bond donors (Lipinski definition) is 0. The molecule has 142 valence electrons. The highest BCUT2D eigenvalue weighted by Gasteiger charge is 2.48. The molecule has 1 aromatic rings. The van der Waals surface area contributed by atoms with Crippen LogP contribution in [0.5, 0.6) is 0 Å². The minimum atomic E-state index is -3.76. The van der Waals surface area contributed by atoms with E-state index in [1.165, 1.54) is 12.8 Å². The van der Waals surface area contributed by atoms with Gasteiger partial charge in [0, 0.05) is 13.1 Å². The van der Waals surface area contributed by atoms with Crippen LogP contribution in [0.2, 0.25) is 0 Å². The summed E-state index contributed by atoms with van der Waals surface area (Å²) >= 11 is 0. The summed E-state index contributed by atoms with van der Waals surface area (Å²) in [5.74, 6) is 0. The van der Waals surface area contributed by atoms with E-state index in [1.807, 2.05) is 6.07 Å². The van der Waals surface area contributed by atoms with Crippen molar-refractivity contribution in [2.45, 2.75) is 48.2 Å². The lowest BCUT2D eigenvalue weighted by Crippen LogP contribution is -2.56. The van der Waals surface area contributed by atoms with E-state index in [0.29, 0.717) is 13.1 Å². The molecule has 0 amide bonds. The van der Waals surface area contributed by atoms with Crippen molar-refractivity contribution in [1.82, 2.24) is 9.80 Å². The predicted molar refractivity (Wildman–Crippen MR) is 103 cm³/mol. The molecule has 2 aliphatic rings. The molecular weight excluding hydrogens is 346 g/mol. The van der Waals surface area contributed by atoms with Crippen LogP contribution in [-0.4, -0.2) is 62.2 Å². The molecule has 26 heavy (non-hydrogen) atoms. The summed E-state index contributed by atoms with van der Waals surface area (Å²) in [5, 5.41) is 10.2. The Bertz CT molecular complexity index is 695. The standard InChI is InChI=1S/C20H29N3O2S/c21-16-20(17-22-12-6-2-7-13-22,18-23-14-8-3-9-15-23)26(24,25)19-10-4-1-5-11-19/h1,4-5,10-11H,2-3,6-9,12-15,17-18H2. The molecule has 0 N–H and O–H groups in total. The molecule has 0 aromatic heterocycles. The van der Waals surface area contributed by atoms with Gasteiger partial charge < -0.3 is 9.80 Å². The third-order valence-electron chi connectivity index (χ3n) is 5.63. The number of sulfone groups is 1. The van der Waals surface area contributed by atoms with Crippen molar-refractivity contribution in [2.24, 2.45) is 0 Å². The smallest absolute Gasteiger partial charge is 0.200 e. The van der Waals surface area contributed by atoms with E-state index in [2.05, 4.69) is 15.9 Å². The summed E-state index contributed by atoms with van der Waals surface area (Å²) in [6.07, 6.45) is 6.70. The molecule has 6 heteroatoms. The van der Waals surface area contributed by atoms with Gasteiger partial charge in [-0.05, 0) is 64.0 Å². The zero-order valence-corrected chi connectivity index (χ0v) is 16.3. The quantitative estimate of drug-likeness (QED) is 0.765. The molecule has 0 bridgehead atoms. The van der Waals surface area contributed by atoms with Gasteiger partial charge >= 0.3 is 0 Å². The van der Waals surface area contributed by atoms with Gasteiger partial charge in [-0.1, -0.05) is 31.0 Å². The topological polar surface area (TPSA) is 64.4 Å². The number of nitriles is 1. The van der Waals surface area contributed by atoms with Crippen LogP contribution < -0.4 is 0 Å². The first-order chi connectivity index (χ1) is 12.6. The van der Waals surface area contributed by atoms with E-state index >= 15 is 0 Å². The van der Waals surface area contributed by atoms with Crippen molar-refractivity contribution in [2.75, 3.05) is 39.3 Å². The second-order valence-electron chi connectivity index (χ2n) is 7.60. The Hall–Kier alpha value is -1.42. The summed E-state index contributed by atoms with van der Waals surface area (Å²) in [5.41, 5.74) is 0. The maximum atomic E-state index is 13.6. The second-order valence-corrected chi connectivity index (χ2v) is 9.86. The van der Waals surface area contributed by atoms with Crippen molar-refractivity contribution in [1.29, 1.82) is 5.26 Å². The second kappa shape index (κ2) is 8.51. The third kappa shape index (κ3) is 4.11. The first kappa shape index (κ1) is 19.3. The van der Waals surface area contributed by atoms with Crippen molar-refractivity contribution in [3.63, 3.8) is 0 Å². The lowest BCUT2D eigenvalue weighted by Gasteiger charge is -2.39. The fourth-order valence-electron chi connectivity index (χ4n) is 4.13. The molecule has 2 fully saturated rings. The highest BCUT2D eigenvalue weighted by Crippen LogP contribution is 2.30. The molecule has 3 rings (SSSR count). The molecule has 2 aliphatic heterocycles. The van der Waals surface area contributed by atoms with Crippen molar-refractivity contribution >= 4 is 9.84 Å². The Morgan fingerprint density at radius 3 is 1.73 bits per heavy atom. The fourth-order valence-corrected chi connectivity index (χ4v) is 5.93. The molecule has 0 atom stereocenters. The molecule has 0 aliphatic carbocycles. The molecular formula is C20H29N3O2S. The lowest BCUT2D eigenvalue weighted by molar-refractivity contribution is 0.172. The van der Waals surface area contributed by atoms with E-state index in [1.54, 1.807) is 24.3 Å². The molecule has 1 aromatic carbocycles. The highest BCUT2D eigenvalue weighted by molar-refractivity contribution is 7.93. The molecule has 2 heterocycles. The number of piperidine rings is 2. The predicted octanol–water partition coefficient (Wildman–Crippen LogP) is 2.69. The van der Waals surface area contributed by atoms with Gasteiger partial charge in [-0.15, -0.1) is 0 Å². The number of likely N-dealkylation sites (tertiary alicyclic amines) is 2. The van der Waals surface area contributed by atoms with Crippen LogP contribution in [0.25, 0.3) is 0 Å². The average molecular weight is 376 g/mol. The zero-order valence-electron chi connectivity index (χ0n) is 15.4. The Labute approximate surface area is 157 Å². The first-order valence-corrected chi connectivity index (χ1v) is 11.2. The Morgan fingerprint density at radius 1 is 0.846 bits per heavy atom. The fraction of sp³-hybridized carbons (Fsp3) is 0.650. The maximum absolute atomic E-state index is 13.6. The number of benzene rings is 1. The Kier molecular flexibility index (Phi) is 6.33. The zero-order chi connectivity index (χ0) is 18.5. The highest BCUT2D eigenvalue weighted by atomic mass is 32.2. The van der Waals surface area contributed by atoms with E-state index < -0.39 is 14.6 Å². The van der Waals surface area contributed by atoms with Gasteiger partial charge in [-0.25, -0.2) is 8.42 Å². The summed E-state index contributed by atoms with van der Waals surface area (Å²) in [6, 6.07) is 10.8. The van der Waals surface area contributed by atoms with Gasteiger partial charge in [-0.3, -0.25) is 0 Å². The number of nitrogens with zero attached hydrogens (tertiary/aromatic N) is 3. The van der Waals surface area contributed by atoms with Crippen LogP contribution in [0.3, 0.4) is 0 Å². The normalized spacial score (nSPS) is 20.6. The SMILES string of the molecule is N#CC(CN1CCCCC1)(CN1CCCCC1)S(=O)(=O)c1ccccc1. The molecule has 2 saturated heterocycles. The van der Waals surface area contributed by atoms with Crippen LogP contribution >= 0.6 is 0 Å². The molecule has 5 nitrogen and oxygen atoms in total. The molecule has 0 radical (unpaired) electrons. The number of hydrogen-bond acceptors (Lipinski definition) is 5. The van der Waals surface area contributed by atoms with Crippen LogP contribution in [-0.2, 0) is 9.84 Å². The van der Waals surface area contributed by atoms with Gasteiger partial charge in [0.1, 0.15) is 0 Å². The number of rotatable bonds is 6. The van der Waals surface area contributed by atoms with Crippen molar-refractivity contribution in [3.05, 3.63) is 30.3 Å². The van der Waals surface area contributed by atoms with Gasteiger partial charge in [0.2, 0.25) is 0 Å². The Morgan fingerprint density at radius 2 is 1.31 bits per heavy atom. The maximum Gasteiger partial charge on any atom is 0.200 e. The molecule has 0 unspecified atom stereocenters. The van der Waals surface area contributed by atoms with Crippen LogP contribution in [0.15, 0.2) is 35.2 Å². The van der Waals surface area contributed by atoms with Gasteiger partial charge in [0.05, 0.1) is 11.0 Å². The summed E-state index contributed by atoms with van der Waals surface area (Å²) in [4.78, 5) is 4.62. The summed E-state index contributed by atoms with van der Waals surface area (Å²) < 4.78 is 25.7. The minimum absolute atomic E-state index is 0.260. The minimum Gasteiger partial charge on any atom is -0.301 e. The van der Waals surface area contributed by atoms with Crippen LogP contribution in [0.1, 0.15) is 38.5 Å². The van der Waals surface area contributed by atoms with Crippen LogP contribution in [0, 0.1) is 11.3 Å². The van der Waals surface area contributed by atoms with E-state index in [4.69, 9.17) is 0 Å². The molecule has 0 saturated carbocycles. The monoisotopic (exact) mass is 375 g/mol. The summed E-state index contributed by atoms with van der Waals surface area (Å²) in [6.45, 7) is 4.14.